The van der Waals surface area contributed by atoms with E-state index in [0.29, 0.717) is 6.54 Å². The van der Waals surface area contributed by atoms with Crippen LogP contribution in [0.3, 0.4) is 0 Å². The number of hydrogen-bond donors (Lipinski definition) is 2. The molecule has 6 heteroatoms. The van der Waals surface area contributed by atoms with E-state index in [1.807, 2.05) is 0 Å². The summed E-state index contributed by atoms with van der Waals surface area (Å²) in [5, 5.41) is 20.6. The number of nitrogens with two attached hydrogens (primary N) is 1. The van der Waals surface area contributed by atoms with E-state index in [-0.39, 0.29) is 11.5 Å². The summed E-state index contributed by atoms with van der Waals surface area (Å²) in [5.41, 5.74) is 6.05. The Hall–Kier alpha value is -1.01. The van der Waals surface area contributed by atoms with Crippen LogP contribution in [0.1, 0.15) is 32.1 Å². The third kappa shape index (κ3) is 2.56. The molecule has 0 bridgehead atoms. The minimum atomic E-state index is -0.132. The molecule has 3 N–H and O–H groups in total. The number of aliphatic hydroxyl groups excluding tert-OH is 1. The van der Waals surface area contributed by atoms with Gasteiger partial charge in [0.2, 0.25) is 0 Å². The number of nitrogens with zero attached hydrogens (tertiary/aromatic N) is 4. The fraction of sp³-hybridized carbons (Fsp3) is 0.900. The standard InChI is InChI=1S/C10H19N5O/c11-7-10(3-1-9(16)2-4-10)5-6-15-8-12-13-14-15/h8-9,16H,1-7,11H2. The first-order valence-corrected chi connectivity index (χ1v) is 5.83. The van der Waals surface area contributed by atoms with E-state index in [1.54, 1.807) is 11.0 Å². The molecular weight excluding hydrogens is 206 g/mol. The van der Waals surface area contributed by atoms with Crippen LogP contribution in [0.5, 0.6) is 0 Å². The SMILES string of the molecule is NCC1(CCn2cnnn2)CCC(O)CC1. The molecule has 0 amide bonds. The molecule has 0 aliphatic heterocycles. The van der Waals surface area contributed by atoms with Crippen molar-refractivity contribution in [2.75, 3.05) is 6.54 Å². The van der Waals surface area contributed by atoms with Crippen molar-refractivity contribution in [3.05, 3.63) is 6.33 Å². The maximum Gasteiger partial charge on any atom is 0.138 e. The number of rotatable bonds is 4. The first-order chi connectivity index (χ1) is 7.74. The number of aromatic nitrogens is 4. The van der Waals surface area contributed by atoms with Gasteiger partial charge in [0, 0.05) is 6.54 Å². The summed E-state index contributed by atoms with van der Waals surface area (Å²) >= 11 is 0. The number of aliphatic hydroxyl groups is 1. The molecule has 1 aliphatic rings. The Bertz CT molecular complexity index is 305. The minimum absolute atomic E-state index is 0.132. The van der Waals surface area contributed by atoms with Crippen LogP contribution in [0.15, 0.2) is 6.33 Å². The summed E-state index contributed by atoms with van der Waals surface area (Å²) in [6.45, 7) is 1.49. The lowest BCUT2D eigenvalue weighted by atomic mass is 9.71. The summed E-state index contributed by atoms with van der Waals surface area (Å²) in [5.74, 6) is 0. The zero-order valence-corrected chi connectivity index (χ0v) is 9.42. The highest BCUT2D eigenvalue weighted by Crippen LogP contribution is 2.38. The molecule has 2 rings (SSSR count). The van der Waals surface area contributed by atoms with Crippen molar-refractivity contribution in [1.82, 2.24) is 20.2 Å². The van der Waals surface area contributed by atoms with Crippen molar-refractivity contribution in [3.63, 3.8) is 0 Å². The van der Waals surface area contributed by atoms with Gasteiger partial charge in [-0.2, -0.15) is 0 Å². The second kappa shape index (κ2) is 4.88. The van der Waals surface area contributed by atoms with E-state index in [4.69, 9.17) is 5.73 Å². The molecule has 6 nitrogen and oxygen atoms in total. The van der Waals surface area contributed by atoms with Crippen molar-refractivity contribution in [2.24, 2.45) is 11.1 Å². The van der Waals surface area contributed by atoms with Crippen LogP contribution in [-0.2, 0) is 6.54 Å². The summed E-state index contributed by atoms with van der Waals surface area (Å²) in [4.78, 5) is 0. The maximum atomic E-state index is 9.51. The van der Waals surface area contributed by atoms with Gasteiger partial charge >= 0.3 is 0 Å². The fourth-order valence-corrected chi connectivity index (χ4v) is 2.41. The Labute approximate surface area is 94.8 Å². The molecule has 1 aromatic heterocycles. The summed E-state index contributed by atoms with van der Waals surface area (Å²) < 4.78 is 1.74. The number of aryl methyl sites for hydroxylation is 1. The molecule has 1 heterocycles. The predicted octanol–water partition coefficient (Wildman–Crippen LogP) is -0.0568. The van der Waals surface area contributed by atoms with Crippen molar-refractivity contribution in [2.45, 2.75) is 44.8 Å². The molecule has 0 aromatic carbocycles. The Kier molecular flexibility index (Phi) is 3.50. The third-order valence-electron chi connectivity index (χ3n) is 3.71. The molecule has 0 saturated heterocycles. The van der Waals surface area contributed by atoms with E-state index < -0.39 is 0 Å². The lowest BCUT2D eigenvalue weighted by Crippen LogP contribution is -2.37. The fourth-order valence-electron chi connectivity index (χ4n) is 2.41. The second-order valence-corrected chi connectivity index (χ2v) is 4.76. The molecule has 0 unspecified atom stereocenters. The van der Waals surface area contributed by atoms with Crippen LogP contribution in [0.2, 0.25) is 0 Å². The number of hydrogen-bond acceptors (Lipinski definition) is 5. The van der Waals surface area contributed by atoms with Crippen molar-refractivity contribution >= 4 is 0 Å². The Morgan fingerprint density at radius 1 is 1.44 bits per heavy atom. The second-order valence-electron chi connectivity index (χ2n) is 4.76. The Morgan fingerprint density at radius 2 is 2.19 bits per heavy atom. The molecular formula is C10H19N5O. The Morgan fingerprint density at radius 3 is 2.75 bits per heavy atom. The lowest BCUT2D eigenvalue weighted by Gasteiger charge is -2.38. The maximum absolute atomic E-state index is 9.51. The molecule has 1 fully saturated rings. The summed E-state index contributed by atoms with van der Waals surface area (Å²) in [7, 11) is 0. The molecule has 1 aromatic rings. The molecule has 1 aliphatic carbocycles. The molecule has 1 saturated carbocycles. The van der Waals surface area contributed by atoms with Gasteiger partial charge in [0.05, 0.1) is 6.10 Å². The van der Waals surface area contributed by atoms with E-state index in [9.17, 15) is 5.11 Å². The van der Waals surface area contributed by atoms with Gasteiger partial charge in [-0.3, -0.25) is 0 Å². The molecule has 90 valence electrons. The van der Waals surface area contributed by atoms with E-state index in [2.05, 4.69) is 15.5 Å². The average Bonchev–Trinajstić information content (AvgIpc) is 2.82. The monoisotopic (exact) mass is 225 g/mol. The zero-order valence-electron chi connectivity index (χ0n) is 9.42. The van der Waals surface area contributed by atoms with Crippen molar-refractivity contribution < 1.29 is 5.11 Å². The van der Waals surface area contributed by atoms with Crippen molar-refractivity contribution in [3.8, 4) is 0 Å². The quantitative estimate of drug-likeness (QED) is 0.749. The first kappa shape index (κ1) is 11.5. The first-order valence-electron chi connectivity index (χ1n) is 5.83. The highest BCUT2D eigenvalue weighted by molar-refractivity contribution is 4.86. The molecule has 0 atom stereocenters. The average molecular weight is 225 g/mol. The summed E-state index contributed by atoms with van der Waals surface area (Å²) in [6, 6.07) is 0. The normalized spacial score (nSPS) is 30.5. The van der Waals surface area contributed by atoms with Crippen LogP contribution in [0.25, 0.3) is 0 Å². The largest absolute Gasteiger partial charge is 0.393 e. The van der Waals surface area contributed by atoms with Gasteiger partial charge < -0.3 is 10.8 Å². The molecule has 0 spiro atoms. The van der Waals surface area contributed by atoms with Gasteiger partial charge in [0.1, 0.15) is 6.33 Å². The molecule has 16 heavy (non-hydrogen) atoms. The highest BCUT2D eigenvalue weighted by Gasteiger charge is 2.33. The smallest absolute Gasteiger partial charge is 0.138 e. The Balaban J connectivity index is 1.89. The van der Waals surface area contributed by atoms with Crippen LogP contribution in [0.4, 0.5) is 0 Å². The van der Waals surface area contributed by atoms with E-state index in [1.165, 1.54) is 0 Å². The van der Waals surface area contributed by atoms with Crippen molar-refractivity contribution in [1.29, 1.82) is 0 Å². The van der Waals surface area contributed by atoms with Crippen LogP contribution >= 0.6 is 0 Å². The number of tetrazole rings is 1. The van der Waals surface area contributed by atoms with Crippen LogP contribution in [-0.4, -0.2) is 38.0 Å². The van der Waals surface area contributed by atoms with Gasteiger partial charge in [0.25, 0.3) is 0 Å². The van der Waals surface area contributed by atoms with E-state index in [0.717, 1.165) is 38.6 Å². The van der Waals surface area contributed by atoms with Gasteiger partial charge in [-0.05, 0) is 54.5 Å². The van der Waals surface area contributed by atoms with Crippen LogP contribution < -0.4 is 5.73 Å². The molecule has 0 radical (unpaired) electrons. The predicted molar refractivity (Wildman–Crippen MR) is 58.4 cm³/mol. The minimum Gasteiger partial charge on any atom is -0.393 e. The van der Waals surface area contributed by atoms with E-state index >= 15 is 0 Å². The summed E-state index contributed by atoms with van der Waals surface area (Å²) in [6.07, 6.45) is 6.23. The third-order valence-corrected chi connectivity index (χ3v) is 3.71. The van der Waals surface area contributed by atoms with Crippen LogP contribution in [0, 0.1) is 5.41 Å². The highest BCUT2D eigenvalue weighted by atomic mass is 16.3. The van der Waals surface area contributed by atoms with Gasteiger partial charge in [0.15, 0.2) is 0 Å². The van der Waals surface area contributed by atoms with Gasteiger partial charge in [-0.1, -0.05) is 0 Å². The zero-order chi connectivity index (χ0) is 11.4. The lowest BCUT2D eigenvalue weighted by molar-refractivity contribution is 0.0587. The van der Waals surface area contributed by atoms with Gasteiger partial charge in [-0.15, -0.1) is 5.10 Å². The van der Waals surface area contributed by atoms with Gasteiger partial charge in [-0.25, -0.2) is 4.68 Å². The topological polar surface area (TPSA) is 89.9 Å².